The Bertz CT molecular complexity index is 170. The number of allylic oxidation sites excluding steroid dienone is 1. The number of hydrogen-bond acceptors (Lipinski definition) is 1. The average Bonchev–Trinajstić information content (AvgIpc) is 1.85. The van der Waals surface area contributed by atoms with Gasteiger partial charge >= 0.3 is 0 Å². The van der Waals surface area contributed by atoms with E-state index in [0.717, 1.165) is 6.42 Å². The molecule has 0 aliphatic heterocycles. The summed E-state index contributed by atoms with van der Waals surface area (Å²) in [6.07, 6.45) is 1.12. The molecule has 0 amide bonds. The van der Waals surface area contributed by atoms with E-state index in [1.807, 2.05) is 0 Å². The van der Waals surface area contributed by atoms with Gasteiger partial charge in [-0.05, 0) is 30.6 Å². The zero-order valence-corrected chi connectivity index (χ0v) is 7.72. The lowest BCUT2D eigenvalue weighted by Gasteiger charge is -2.52. The molecule has 1 heteroatoms. The third-order valence-corrected chi connectivity index (χ3v) is 3.29. The van der Waals surface area contributed by atoms with Gasteiger partial charge in [-0.25, -0.2) is 0 Å². The monoisotopic (exact) mass is 154 g/mol. The van der Waals surface area contributed by atoms with Gasteiger partial charge in [0.05, 0.1) is 0 Å². The standard InChI is InChI=1S/C10H18O/c1-7(2)9-5-8(6-11)10(9,3)4/h8-9,11H,1,5-6H2,2-4H3/t8-,9+/m0/s1. The molecular weight excluding hydrogens is 136 g/mol. The van der Waals surface area contributed by atoms with Crippen LogP contribution in [-0.4, -0.2) is 11.7 Å². The first-order valence-corrected chi connectivity index (χ1v) is 4.26. The molecule has 0 bridgehead atoms. The second kappa shape index (κ2) is 2.63. The Morgan fingerprint density at radius 3 is 2.45 bits per heavy atom. The fourth-order valence-electron chi connectivity index (χ4n) is 2.16. The third kappa shape index (κ3) is 1.22. The quantitative estimate of drug-likeness (QED) is 0.605. The fraction of sp³-hybridized carbons (Fsp3) is 0.800. The summed E-state index contributed by atoms with van der Waals surface area (Å²) in [7, 11) is 0. The second-order valence-corrected chi connectivity index (χ2v) is 4.34. The molecule has 0 radical (unpaired) electrons. The molecular formula is C10H18O. The first-order chi connectivity index (χ1) is 5.00. The van der Waals surface area contributed by atoms with Gasteiger partial charge in [-0.2, -0.15) is 0 Å². The number of hydrogen-bond donors (Lipinski definition) is 1. The molecule has 0 spiro atoms. The zero-order chi connectivity index (χ0) is 8.65. The van der Waals surface area contributed by atoms with Crippen molar-refractivity contribution in [2.45, 2.75) is 27.2 Å². The summed E-state index contributed by atoms with van der Waals surface area (Å²) in [4.78, 5) is 0. The maximum atomic E-state index is 8.99. The number of aliphatic hydroxyl groups is 1. The highest BCUT2D eigenvalue weighted by molar-refractivity contribution is 5.11. The molecule has 1 N–H and O–H groups in total. The van der Waals surface area contributed by atoms with Crippen molar-refractivity contribution in [2.24, 2.45) is 17.3 Å². The van der Waals surface area contributed by atoms with Gasteiger partial charge in [-0.15, -0.1) is 0 Å². The molecule has 1 aliphatic carbocycles. The van der Waals surface area contributed by atoms with Crippen LogP contribution in [0.15, 0.2) is 12.2 Å². The second-order valence-electron chi connectivity index (χ2n) is 4.34. The van der Waals surface area contributed by atoms with Gasteiger partial charge in [0, 0.05) is 6.61 Å². The van der Waals surface area contributed by atoms with Crippen LogP contribution in [-0.2, 0) is 0 Å². The molecule has 0 aromatic carbocycles. The molecule has 0 heterocycles. The predicted molar refractivity (Wildman–Crippen MR) is 47.3 cm³/mol. The molecule has 1 aliphatic rings. The molecule has 1 saturated carbocycles. The Balaban J connectivity index is 2.61. The van der Waals surface area contributed by atoms with E-state index in [4.69, 9.17) is 5.11 Å². The average molecular weight is 154 g/mol. The topological polar surface area (TPSA) is 20.2 Å². The molecule has 64 valence electrons. The van der Waals surface area contributed by atoms with Crippen molar-refractivity contribution < 1.29 is 5.11 Å². The largest absolute Gasteiger partial charge is 0.396 e. The molecule has 1 rings (SSSR count). The smallest absolute Gasteiger partial charge is 0.0464 e. The van der Waals surface area contributed by atoms with Gasteiger partial charge in [0.1, 0.15) is 0 Å². The lowest BCUT2D eigenvalue weighted by atomic mass is 9.53. The summed E-state index contributed by atoms with van der Waals surface area (Å²) in [5.74, 6) is 1.11. The van der Waals surface area contributed by atoms with Crippen LogP contribution < -0.4 is 0 Å². The first-order valence-electron chi connectivity index (χ1n) is 4.26. The van der Waals surface area contributed by atoms with Gasteiger partial charge in [0.2, 0.25) is 0 Å². The minimum absolute atomic E-state index is 0.278. The van der Waals surface area contributed by atoms with Gasteiger partial charge < -0.3 is 5.11 Å². The Labute approximate surface area is 69.1 Å². The van der Waals surface area contributed by atoms with Gasteiger partial charge in [0.25, 0.3) is 0 Å². The summed E-state index contributed by atoms with van der Waals surface area (Å²) in [5.41, 5.74) is 1.54. The lowest BCUT2D eigenvalue weighted by molar-refractivity contribution is -0.0315. The van der Waals surface area contributed by atoms with E-state index < -0.39 is 0 Å². The molecule has 11 heavy (non-hydrogen) atoms. The van der Waals surface area contributed by atoms with E-state index >= 15 is 0 Å². The molecule has 0 aromatic heterocycles. The van der Waals surface area contributed by atoms with E-state index in [2.05, 4.69) is 27.4 Å². The fourth-order valence-corrected chi connectivity index (χ4v) is 2.16. The minimum atomic E-state index is 0.278. The van der Waals surface area contributed by atoms with Crippen molar-refractivity contribution >= 4 is 0 Å². The van der Waals surface area contributed by atoms with E-state index in [1.54, 1.807) is 0 Å². The van der Waals surface area contributed by atoms with Crippen molar-refractivity contribution in [1.29, 1.82) is 0 Å². The van der Waals surface area contributed by atoms with Crippen molar-refractivity contribution in [1.82, 2.24) is 0 Å². The van der Waals surface area contributed by atoms with Crippen molar-refractivity contribution in [3.05, 3.63) is 12.2 Å². The van der Waals surface area contributed by atoms with Crippen LogP contribution in [0.1, 0.15) is 27.2 Å². The zero-order valence-electron chi connectivity index (χ0n) is 7.72. The maximum absolute atomic E-state index is 8.99. The first kappa shape index (κ1) is 8.79. The Kier molecular flexibility index (Phi) is 2.10. The van der Waals surface area contributed by atoms with Gasteiger partial charge in [0.15, 0.2) is 0 Å². The molecule has 2 atom stereocenters. The van der Waals surface area contributed by atoms with Crippen molar-refractivity contribution in [2.75, 3.05) is 6.61 Å². The van der Waals surface area contributed by atoms with E-state index in [0.29, 0.717) is 18.4 Å². The summed E-state index contributed by atoms with van der Waals surface area (Å²) in [6, 6.07) is 0. The van der Waals surface area contributed by atoms with Crippen molar-refractivity contribution in [3.63, 3.8) is 0 Å². The van der Waals surface area contributed by atoms with E-state index in [1.165, 1.54) is 5.57 Å². The van der Waals surface area contributed by atoms with E-state index in [-0.39, 0.29) is 5.41 Å². The summed E-state index contributed by atoms with van der Waals surface area (Å²) in [6.45, 7) is 10.8. The molecule has 0 unspecified atom stereocenters. The predicted octanol–water partition coefficient (Wildman–Crippen LogP) is 2.22. The lowest BCUT2D eigenvalue weighted by Crippen LogP contribution is -2.46. The van der Waals surface area contributed by atoms with Crippen LogP contribution in [0, 0.1) is 17.3 Å². The highest BCUT2D eigenvalue weighted by Crippen LogP contribution is 2.53. The SMILES string of the molecule is C=C(C)[C@H]1C[C@@H](CO)C1(C)C. The number of aliphatic hydroxyl groups excluding tert-OH is 1. The Hall–Kier alpha value is -0.300. The maximum Gasteiger partial charge on any atom is 0.0464 e. The van der Waals surface area contributed by atoms with Crippen LogP contribution in [0.25, 0.3) is 0 Å². The molecule has 1 fully saturated rings. The third-order valence-electron chi connectivity index (χ3n) is 3.29. The Morgan fingerprint density at radius 2 is 2.18 bits per heavy atom. The van der Waals surface area contributed by atoms with Gasteiger partial charge in [-0.3, -0.25) is 0 Å². The molecule has 0 aromatic rings. The Morgan fingerprint density at radius 1 is 1.64 bits per heavy atom. The van der Waals surface area contributed by atoms with Crippen LogP contribution in [0.4, 0.5) is 0 Å². The van der Waals surface area contributed by atoms with Crippen molar-refractivity contribution in [3.8, 4) is 0 Å². The van der Waals surface area contributed by atoms with Crippen LogP contribution >= 0.6 is 0 Å². The highest BCUT2D eigenvalue weighted by Gasteiger charge is 2.47. The summed E-state index contributed by atoms with van der Waals surface area (Å²) >= 11 is 0. The molecule has 0 saturated heterocycles. The number of rotatable bonds is 2. The van der Waals surface area contributed by atoms with Crippen LogP contribution in [0.3, 0.4) is 0 Å². The minimum Gasteiger partial charge on any atom is -0.396 e. The van der Waals surface area contributed by atoms with Gasteiger partial charge in [-0.1, -0.05) is 26.0 Å². The van der Waals surface area contributed by atoms with E-state index in [9.17, 15) is 0 Å². The normalized spacial score (nSPS) is 34.5. The molecule has 1 nitrogen and oxygen atoms in total. The van der Waals surface area contributed by atoms with Crippen LogP contribution in [0.5, 0.6) is 0 Å². The summed E-state index contributed by atoms with van der Waals surface area (Å²) in [5, 5.41) is 8.99. The highest BCUT2D eigenvalue weighted by atomic mass is 16.3. The summed E-state index contributed by atoms with van der Waals surface area (Å²) < 4.78 is 0. The van der Waals surface area contributed by atoms with Crippen LogP contribution in [0.2, 0.25) is 0 Å².